The number of piperidine rings is 1. The maximum atomic E-state index is 13.1. The molecule has 1 spiro atoms. The van der Waals surface area contributed by atoms with Crippen LogP contribution in [0.3, 0.4) is 0 Å². The molecule has 0 aromatic heterocycles. The van der Waals surface area contributed by atoms with Gasteiger partial charge in [-0.3, -0.25) is 9.69 Å². The number of rotatable bonds is 8. The Kier molecular flexibility index (Phi) is 7.21. The predicted octanol–water partition coefficient (Wildman–Crippen LogP) is 4.91. The van der Waals surface area contributed by atoms with Gasteiger partial charge >= 0.3 is 12.0 Å². The summed E-state index contributed by atoms with van der Waals surface area (Å²) in [6.45, 7) is 10.4. The zero-order valence-corrected chi connectivity index (χ0v) is 22.2. The Bertz CT molecular complexity index is 983. The van der Waals surface area contributed by atoms with E-state index in [2.05, 4.69) is 36.2 Å². The van der Waals surface area contributed by atoms with Crippen LogP contribution >= 0.6 is 0 Å². The zero-order valence-electron chi connectivity index (χ0n) is 22.2. The SMILES string of the molecule is CCOc1cc(CN2CCC3(CC2)CN(C2CCC(CC)CC2C(=O)O)C(=O)N3)c(C2CC2)cc1C. The highest BCUT2D eigenvalue weighted by Gasteiger charge is 2.49. The van der Waals surface area contributed by atoms with E-state index in [1.54, 1.807) is 0 Å². The molecule has 36 heavy (non-hydrogen) atoms. The summed E-state index contributed by atoms with van der Waals surface area (Å²) in [6, 6.07) is 4.35. The summed E-state index contributed by atoms with van der Waals surface area (Å²) in [5.41, 5.74) is 3.86. The van der Waals surface area contributed by atoms with Gasteiger partial charge < -0.3 is 20.1 Å². The molecule has 7 heteroatoms. The number of aryl methyl sites for hydroxylation is 1. The molecular weight excluding hydrogens is 454 g/mol. The average molecular weight is 498 g/mol. The number of carboxylic acid groups (broad SMARTS) is 1. The van der Waals surface area contributed by atoms with Crippen molar-refractivity contribution in [2.45, 2.75) is 96.2 Å². The fourth-order valence-corrected chi connectivity index (χ4v) is 6.89. The Balaban J connectivity index is 1.24. The number of carbonyl (C=O) groups is 2. The lowest BCUT2D eigenvalue weighted by Crippen LogP contribution is -2.52. The molecule has 3 unspecified atom stereocenters. The van der Waals surface area contributed by atoms with Gasteiger partial charge in [-0.25, -0.2) is 4.79 Å². The topological polar surface area (TPSA) is 82.1 Å². The van der Waals surface area contributed by atoms with Gasteiger partial charge in [0.1, 0.15) is 5.75 Å². The smallest absolute Gasteiger partial charge is 0.318 e. The number of ether oxygens (including phenoxy) is 1. The van der Waals surface area contributed by atoms with E-state index in [-0.39, 0.29) is 17.6 Å². The summed E-state index contributed by atoms with van der Waals surface area (Å²) >= 11 is 0. The van der Waals surface area contributed by atoms with Crippen molar-refractivity contribution in [3.05, 3.63) is 28.8 Å². The van der Waals surface area contributed by atoms with E-state index in [0.717, 1.165) is 57.5 Å². The quantitative estimate of drug-likeness (QED) is 0.533. The van der Waals surface area contributed by atoms with Crippen molar-refractivity contribution >= 4 is 12.0 Å². The molecule has 2 N–H and O–H groups in total. The number of amides is 2. The minimum absolute atomic E-state index is 0.0643. The van der Waals surface area contributed by atoms with E-state index in [4.69, 9.17) is 4.74 Å². The van der Waals surface area contributed by atoms with Crippen molar-refractivity contribution in [1.29, 1.82) is 0 Å². The van der Waals surface area contributed by atoms with Gasteiger partial charge in [-0.2, -0.15) is 0 Å². The predicted molar refractivity (Wildman–Crippen MR) is 139 cm³/mol. The standard InChI is InChI=1S/C29H43N3O4/c1-4-20-6-9-25(24(15-20)27(33)34)32-18-29(30-28(32)35)10-12-31(13-11-29)17-22-16-26(36-5-2)19(3)14-23(22)21-7-8-21/h14,16,20-21,24-25H,4-13,15,17-18H2,1-3H3,(H,30,35)(H,33,34). The second kappa shape index (κ2) is 10.2. The first-order valence-corrected chi connectivity index (χ1v) is 14.1. The monoisotopic (exact) mass is 497 g/mol. The highest BCUT2D eigenvalue weighted by atomic mass is 16.5. The molecule has 4 aliphatic rings. The van der Waals surface area contributed by atoms with Crippen LogP contribution in [-0.4, -0.2) is 64.7 Å². The molecule has 4 fully saturated rings. The molecule has 7 nitrogen and oxygen atoms in total. The molecule has 1 aromatic carbocycles. The van der Waals surface area contributed by atoms with Gasteiger partial charge in [0.25, 0.3) is 0 Å². The van der Waals surface area contributed by atoms with Crippen molar-refractivity contribution in [2.75, 3.05) is 26.2 Å². The minimum Gasteiger partial charge on any atom is -0.494 e. The molecule has 2 aliphatic heterocycles. The molecule has 2 aliphatic carbocycles. The van der Waals surface area contributed by atoms with Crippen LogP contribution < -0.4 is 10.1 Å². The van der Waals surface area contributed by atoms with E-state index < -0.39 is 11.9 Å². The van der Waals surface area contributed by atoms with Crippen molar-refractivity contribution < 1.29 is 19.4 Å². The van der Waals surface area contributed by atoms with Gasteiger partial charge in [0.15, 0.2) is 0 Å². The second-order valence-electron chi connectivity index (χ2n) is 11.7. The van der Waals surface area contributed by atoms with E-state index in [1.165, 1.54) is 29.5 Å². The average Bonchev–Trinajstić information content (AvgIpc) is 3.66. The number of likely N-dealkylation sites (tertiary alicyclic amines) is 1. The van der Waals surface area contributed by atoms with Crippen LogP contribution in [0.1, 0.15) is 87.8 Å². The molecule has 2 amide bonds. The summed E-state index contributed by atoms with van der Waals surface area (Å²) in [5, 5.41) is 13.2. The highest BCUT2D eigenvalue weighted by molar-refractivity contribution is 5.80. The number of urea groups is 1. The molecule has 2 saturated carbocycles. The zero-order chi connectivity index (χ0) is 25.4. The Morgan fingerprint density at radius 2 is 1.92 bits per heavy atom. The minimum atomic E-state index is -0.752. The Hall–Kier alpha value is -2.28. The maximum absolute atomic E-state index is 13.1. The Morgan fingerprint density at radius 1 is 1.17 bits per heavy atom. The first-order valence-electron chi connectivity index (χ1n) is 14.1. The molecule has 5 rings (SSSR count). The van der Waals surface area contributed by atoms with Crippen LogP contribution in [0.4, 0.5) is 4.79 Å². The number of carboxylic acids is 1. The fraction of sp³-hybridized carbons (Fsp3) is 0.724. The lowest BCUT2D eigenvalue weighted by Gasteiger charge is -2.41. The van der Waals surface area contributed by atoms with E-state index in [9.17, 15) is 14.7 Å². The van der Waals surface area contributed by atoms with Crippen LogP contribution in [0.5, 0.6) is 5.75 Å². The van der Waals surface area contributed by atoms with E-state index >= 15 is 0 Å². The number of nitrogens with one attached hydrogen (secondary N) is 1. The molecule has 0 bridgehead atoms. The summed E-state index contributed by atoms with van der Waals surface area (Å²) in [6.07, 6.45) is 7.87. The van der Waals surface area contributed by atoms with Gasteiger partial charge in [0.2, 0.25) is 0 Å². The molecule has 2 heterocycles. The molecule has 1 aromatic rings. The Morgan fingerprint density at radius 3 is 2.56 bits per heavy atom. The van der Waals surface area contributed by atoms with Crippen molar-refractivity contribution in [3.63, 3.8) is 0 Å². The van der Waals surface area contributed by atoms with Gasteiger partial charge in [-0.15, -0.1) is 0 Å². The highest BCUT2D eigenvalue weighted by Crippen LogP contribution is 2.44. The maximum Gasteiger partial charge on any atom is 0.318 e. The lowest BCUT2D eigenvalue weighted by molar-refractivity contribution is -0.145. The van der Waals surface area contributed by atoms with Crippen LogP contribution in [0.25, 0.3) is 0 Å². The fourth-order valence-electron chi connectivity index (χ4n) is 6.89. The molecule has 2 saturated heterocycles. The molecular formula is C29H43N3O4. The van der Waals surface area contributed by atoms with Gasteiger partial charge in [0, 0.05) is 32.2 Å². The molecule has 3 atom stereocenters. The van der Waals surface area contributed by atoms with Crippen LogP contribution in [0, 0.1) is 18.8 Å². The van der Waals surface area contributed by atoms with Crippen molar-refractivity contribution in [2.24, 2.45) is 11.8 Å². The van der Waals surface area contributed by atoms with Gasteiger partial charge in [0.05, 0.1) is 18.1 Å². The third-order valence-corrected chi connectivity index (χ3v) is 9.28. The number of benzene rings is 1. The number of nitrogens with zero attached hydrogens (tertiary/aromatic N) is 2. The van der Waals surface area contributed by atoms with Gasteiger partial charge in [-0.1, -0.05) is 19.4 Å². The number of hydrogen-bond acceptors (Lipinski definition) is 4. The van der Waals surface area contributed by atoms with E-state index in [1.807, 2.05) is 11.8 Å². The summed E-state index contributed by atoms with van der Waals surface area (Å²) < 4.78 is 5.90. The number of hydrogen-bond donors (Lipinski definition) is 2. The molecule has 198 valence electrons. The largest absolute Gasteiger partial charge is 0.494 e. The first kappa shape index (κ1) is 25.4. The molecule has 0 radical (unpaired) electrons. The van der Waals surface area contributed by atoms with Crippen LogP contribution in [0.15, 0.2) is 12.1 Å². The van der Waals surface area contributed by atoms with Crippen molar-refractivity contribution in [3.8, 4) is 5.75 Å². The lowest BCUT2D eigenvalue weighted by atomic mass is 9.76. The van der Waals surface area contributed by atoms with Gasteiger partial charge in [-0.05, 0) is 93.4 Å². The summed E-state index contributed by atoms with van der Waals surface area (Å²) in [5.74, 6) is 0.938. The normalized spacial score (nSPS) is 28.4. The first-order chi connectivity index (χ1) is 17.3. The van der Waals surface area contributed by atoms with Crippen molar-refractivity contribution in [1.82, 2.24) is 15.1 Å². The third kappa shape index (κ3) is 5.09. The Labute approximate surface area is 215 Å². The van der Waals surface area contributed by atoms with E-state index in [0.29, 0.717) is 31.4 Å². The van der Waals surface area contributed by atoms with Crippen LogP contribution in [-0.2, 0) is 11.3 Å². The third-order valence-electron chi connectivity index (χ3n) is 9.28. The number of carbonyl (C=O) groups excluding carboxylic acids is 1. The summed E-state index contributed by atoms with van der Waals surface area (Å²) in [7, 11) is 0. The van der Waals surface area contributed by atoms with Crippen LogP contribution in [0.2, 0.25) is 0 Å². The number of aliphatic carboxylic acids is 1. The summed E-state index contributed by atoms with van der Waals surface area (Å²) in [4.78, 5) is 29.5. The second-order valence-corrected chi connectivity index (χ2v) is 11.7.